The van der Waals surface area contributed by atoms with Crippen LogP contribution in [0.2, 0.25) is 0 Å². The van der Waals surface area contributed by atoms with E-state index in [-0.39, 0.29) is 11.6 Å². The minimum absolute atomic E-state index is 0.0442. The molecule has 118 valence electrons. The molecule has 1 rings (SSSR count). The van der Waals surface area contributed by atoms with E-state index in [1.54, 1.807) is 13.8 Å². The van der Waals surface area contributed by atoms with Crippen LogP contribution in [0.4, 0.5) is 0 Å². The van der Waals surface area contributed by atoms with Crippen molar-refractivity contribution in [3.63, 3.8) is 0 Å². The summed E-state index contributed by atoms with van der Waals surface area (Å²) in [6, 6.07) is 9.38. The van der Waals surface area contributed by atoms with Gasteiger partial charge in [-0.2, -0.15) is 0 Å². The number of rotatable bonds is 8. The predicted molar refractivity (Wildman–Crippen MR) is 83.8 cm³/mol. The summed E-state index contributed by atoms with van der Waals surface area (Å²) >= 11 is 0. The van der Waals surface area contributed by atoms with Crippen molar-refractivity contribution < 1.29 is 13.6 Å². The standard InChI is InChI=1S/C14H23N3O3S/c1-3-14(4-2,13(15)16-18)17-21(19,20)11-10-12-8-6-5-7-9-12/h5-9,17-18H,3-4,10-11H2,1-2H3,(H2,15,16). The summed E-state index contributed by atoms with van der Waals surface area (Å²) in [5, 5.41) is 11.8. The number of hydrogen-bond donors (Lipinski definition) is 3. The predicted octanol–water partition coefficient (Wildman–Crippen LogP) is 1.45. The van der Waals surface area contributed by atoms with Crippen molar-refractivity contribution in [3.05, 3.63) is 35.9 Å². The van der Waals surface area contributed by atoms with Gasteiger partial charge in [-0.3, -0.25) is 0 Å². The van der Waals surface area contributed by atoms with Crippen molar-refractivity contribution >= 4 is 15.9 Å². The third-order valence-corrected chi connectivity index (χ3v) is 5.10. The summed E-state index contributed by atoms with van der Waals surface area (Å²) in [5.74, 6) is -0.159. The van der Waals surface area contributed by atoms with Crippen molar-refractivity contribution in [2.24, 2.45) is 10.9 Å². The number of oxime groups is 1. The Labute approximate surface area is 126 Å². The molecule has 0 spiro atoms. The Morgan fingerprint density at radius 3 is 2.33 bits per heavy atom. The van der Waals surface area contributed by atoms with Crippen molar-refractivity contribution in [1.82, 2.24) is 4.72 Å². The van der Waals surface area contributed by atoms with Gasteiger partial charge >= 0.3 is 0 Å². The molecule has 0 fully saturated rings. The maximum absolute atomic E-state index is 12.3. The molecule has 21 heavy (non-hydrogen) atoms. The van der Waals surface area contributed by atoms with Crippen LogP contribution in [0.1, 0.15) is 32.3 Å². The average molecular weight is 313 g/mol. The Hall–Kier alpha value is -1.60. The molecule has 0 unspecified atom stereocenters. The monoisotopic (exact) mass is 313 g/mol. The van der Waals surface area contributed by atoms with E-state index in [0.717, 1.165) is 5.56 Å². The zero-order valence-electron chi connectivity index (χ0n) is 12.4. The molecule has 0 aliphatic carbocycles. The van der Waals surface area contributed by atoms with E-state index < -0.39 is 15.6 Å². The molecule has 0 aromatic heterocycles. The number of hydrogen-bond acceptors (Lipinski definition) is 4. The Kier molecular flexibility index (Phi) is 6.17. The molecule has 4 N–H and O–H groups in total. The van der Waals surface area contributed by atoms with Crippen LogP contribution in [0.5, 0.6) is 0 Å². The molecule has 6 nitrogen and oxygen atoms in total. The Bertz CT molecular complexity index is 566. The normalized spacial score (nSPS) is 13.3. The lowest BCUT2D eigenvalue weighted by atomic mass is 9.93. The lowest BCUT2D eigenvalue weighted by Gasteiger charge is -2.30. The number of sulfonamides is 1. The molecule has 1 aromatic rings. The summed E-state index contributed by atoms with van der Waals surface area (Å²) < 4.78 is 27.1. The Morgan fingerprint density at radius 2 is 1.86 bits per heavy atom. The first-order valence-electron chi connectivity index (χ1n) is 6.92. The van der Waals surface area contributed by atoms with Crippen LogP contribution in [0, 0.1) is 0 Å². The van der Waals surface area contributed by atoms with Crippen molar-refractivity contribution in [2.45, 2.75) is 38.6 Å². The average Bonchev–Trinajstić information content (AvgIpc) is 2.51. The smallest absolute Gasteiger partial charge is 0.212 e. The molecule has 0 heterocycles. The van der Waals surface area contributed by atoms with Crippen LogP contribution < -0.4 is 10.5 Å². The van der Waals surface area contributed by atoms with E-state index >= 15 is 0 Å². The lowest BCUT2D eigenvalue weighted by molar-refractivity contribution is 0.307. The third kappa shape index (κ3) is 4.71. The second kappa shape index (κ2) is 7.42. The largest absolute Gasteiger partial charge is 0.409 e. The molecule has 0 amide bonds. The maximum Gasteiger partial charge on any atom is 0.212 e. The van der Waals surface area contributed by atoms with Crippen LogP contribution in [-0.4, -0.2) is 30.8 Å². The van der Waals surface area contributed by atoms with Gasteiger partial charge in [0.2, 0.25) is 10.0 Å². The molecule has 7 heteroatoms. The van der Waals surface area contributed by atoms with Gasteiger partial charge in [0, 0.05) is 0 Å². The molecule has 0 aliphatic heterocycles. The highest BCUT2D eigenvalue weighted by atomic mass is 32.2. The third-order valence-electron chi connectivity index (χ3n) is 3.66. The van der Waals surface area contributed by atoms with Gasteiger partial charge in [0.1, 0.15) is 0 Å². The first kappa shape index (κ1) is 17.5. The van der Waals surface area contributed by atoms with Gasteiger partial charge in [-0.1, -0.05) is 49.3 Å². The van der Waals surface area contributed by atoms with Gasteiger partial charge in [-0.15, -0.1) is 0 Å². The highest BCUT2D eigenvalue weighted by Gasteiger charge is 2.35. The second-order valence-electron chi connectivity index (χ2n) is 4.93. The molecule has 1 aromatic carbocycles. The fourth-order valence-electron chi connectivity index (χ4n) is 2.15. The van der Waals surface area contributed by atoms with E-state index in [4.69, 9.17) is 10.9 Å². The summed E-state index contributed by atoms with van der Waals surface area (Å²) in [6.07, 6.45) is 1.23. The molecule has 0 bridgehead atoms. The van der Waals surface area contributed by atoms with Gasteiger partial charge in [-0.05, 0) is 24.8 Å². The van der Waals surface area contributed by atoms with E-state index in [9.17, 15) is 8.42 Å². The second-order valence-corrected chi connectivity index (χ2v) is 6.77. The molecule has 0 radical (unpaired) electrons. The first-order valence-corrected chi connectivity index (χ1v) is 8.58. The Morgan fingerprint density at radius 1 is 1.29 bits per heavy atom. The van der Waals surface area contributed by atoms with Gasteiger partial charge in [0.05, 0.1) is 11.3 Å². The topological polar surface area (TPSA) is 105 Å². The Balaban J connectivity index is 2.83. The number of nitrogens with one attached hydrogen (secondary N) is 1. The maximum atomic E-state index is 12.3. The fraction of sp³-hybridized carbons (Fsp3) is 0.500. The van der Waals surface area contributed by atoms with Crippen LogP contribution in [-0.2, 0) is 16.4 Å². The quantitative estimate of drug-likeness (QED) is 0.292. The van der Waals surface area contributed by atoms with Crippen LogP contribution in [0.15, 0.2) is 35.5 Å². The zero-order chi connectivity index (χ0) is 15.9. The van der Waals surface area contributed by atoms with Crippen molar-refractivity contribution in [3.8, 4) is 0 Å². The van der Waals surface area contributed by atoms with E-state index in [0.29, 0.717) is 19.3 Å². The van der Waals surface area contributed by atoms with E-state index in [1.807, 2.05) is 30.3 Å². The van der Waals surface area contributed by atoms with Gasteiger partial charge in [0.15, 0.2) is 5.84 Å². The zero-order valence-corrected chi connectivity index (χ0v) is 13.2. The SMILES string of the molecule is CCC(CC)(NS(=O)(=O)CCc1ccccc1)/C(N)=N/O. The molecule has 0 atom stereocenters. The van der Waals surface area contributed by atoms with E-state index in [1.165, 1.54) is 0 Å². The van der Waals surface area contributed by atoms with Crippen molar-refractivity contribution in [2.75, 3.05) is 5.75 Å². The number of nitrogens with zero attached hydrogens (tertiary/aromatic N) is 1. The molecule has 0 saturated carbocycles. The van der Waals surface area contributed by atoms with Crippen LogP contribution in [0.25, 0.3) is 0 Å². The highest BCUT2D eigenvalue weighted by Crippen LogP contribution is 2.17. The summed E-state index contributed by atoms with van der Waals surface area (Å²) in [4.78, 5) is 0. The van der Waals surface area contributed by atoms with Gasteiger partial charge < -0.3 is 10.9 Å². The minimum atomic E-state index is -3.54. The minimum Gasteiger partial charge on any atom is -0.409 e. The highest BCUT2D eigenvalue weighted by molar-refractivity contribution is 7.89. The van der Waals surface area contributed by atoms with E-state index in [2.05, 4.69) is 9.88 Å². The van der Waals surface area contributed by atoms with Gasteiger partial charge in [0.25, 0.3) is 0 Å². The number of aryl methyl sites for hydroxylation is 1. The van der Waals surface area contributed by atoms with Crippen LogP contribution in [0.3, 0.4) is 0 Å². The fourth-order valence-corrected chi connectivity index (χ4v) is 3.75. The molecule has 0 aliphatic rings. The first-order chi connectivity index (χ1) is 9.89. The molecule has 0 saturated heterocycles. The summed E-state index contributed by atoms with van der Waals surface area (Å²) in [7, 11) is -3.54. The number of nitrogens with two attached hydrogens (primary N) is 1. The lowest BCUT2D eigenvalue weighted by Crippen LogP contribution is -2.57. The summed E-state index contributed by atoms with van der Waals surface area (Å²) in [5.41, 5.74) is 5.57. The molecular weight excluding hydrogens is 290 g/mol. The summed E-state index contributed by atoms with van der Waals surface area (Å²) in [6.45, 7) is 3.59. The van der Waals surface area contributed by atoms with Crippen molar-refractivity contribution in [1.29, 1.82) is 0 Å². The number of amidine groups is 1. The molecular formula is C14H23N3O3S. The van der Waals surface area contributed by atoms with Gasteiger partial charge in [-0.25, -0.2) is 13.1 Å². The van der Waals surface area contributed by atoms with Crippen LogP contribution >= 0.6 is 0 Å². The number of benzene rings is 1.